The number of nitrogens with one attached hydrogen (secondary N) is 1. The Morgan fingerprint density at radius 2 is 2.10 bits per heavy atom. The zero-order valence-corrected chi connectivity index (χ0v) is 11.8. The van der Waals surface area contributed by atoms with Crippen LogP contribution in [0.15, 0.2) is 35.7 Å². The highest BCUT2D eigenvalue weighted by atomic mass is 32.1. The van der Waals surface area contributed by atoms with Gasteiger partial charge in [0.1, 0.15) is 10.6 Å². The average molecular weight is 286 g/mol. The lowest BCUT2D eigenvalue weighted by atomic mass is 10.1. The molecule has 2 heterocycles. The van der Waals surface area contributed by atoms with Crippen molar-refractivity contribution in [3.05, 3.63) is 41.3 Å². The third kappa shape index (κ3) is 2.31. The van der Waals surface area contributed by atoms with Gasteiger partial charge in [0.25, 0.3) is 0 Å². The molecule has 0 radical (unpaired) electrons. The molecule has 0 atom stereocenters. The second-order valence-corrected chi connectivity index (χ2v) is 5.09. The highest BCUT2D eigenvalue weighted by Crippen LogP contribution is 2.32. The van der Waals surface area contributed by atoms with Crippen LogP contribution >= 0.6 is 11.3 Å². The van der Waals surface area contributed by atoms with Gasteiger partial charge >= 0.3 is 0 Å². The first-order valence-electron chi connectivity index (χ1n) is 6.29. The molecule has 0 unspecified atom stereocenters. The van der Waals surface area contributed by atoms with E-state index in [1.165, 1.54) is 11.3 Å². The third-order valence-electron chi connectivity index (χ3n) is 2.98. The van der Waals surface area contributed by atoms with E-state index in [2.05, 4.69) is 22.3 Å². The first-order valence-corrected chi connectivity index (χ1v) is 7.17. The van der Waals surface area contributed by atoms with Crippen molar-refractivity contribution in [3.63, 3.8) is 0 Å². The number of nitrogen functional groups attached to an aromatic ring is 1. The molecule has 3 N–H and O–H groups in total. The lowest BCUT2D eigenvalue weighted by Gasteiger charge is -2.10. The number of nitrogens with two attached hydrogens (primary N) is 1. The highest BCUT2D eigenvalue weighted by Gasteiger charge is 2.12. The molecule has 3 aromatic rings. The van der Waals surface area contributed by atoms with Gasteiger partial charge in [0.2, 0.25) is 11.8 Å². The molecule has 0 saturated carbocycles. The van der Waals surface area contributed by atoms with E-state index >= 15 is 0 Å². The summed E-state index contributed by atoms with van der Waals surface area (Å²) < 4.78 is 5.97. The molecule has 102 valence electrons. The fourth-order valence-electron chi connectivity index (χ4n) is 1.97. The van der Waals surface area contributed by atoms with Crippen molar-refractivity contribution in [1.29, 1.82) is 0 Å². The maximum Gasteiger partial charge on any atom is 0.241 e. The molecule has 0 fully saturated rings. The van der Waals surface area contributed by atoms with Crippen LogP contribution in [0.3, 0.4) is 0 Å². The smallest absolute Gasteiger partial charge is 0.241 e. The summed E-state index contributed by atoms with van der Waals surface area (Å²) in [5, 5.41) is 2.85. The summed E-state index contributed by atoms with van der Waals surface area (Å²) in [5.41, 5.74) is 3.60. The Morgan fingerprint density at radius 3 is 2.90 bits per heavy atom. The van der Waals surface area contributed by atoms with Crippen molar-refractivity contribution in [3.8, 4) is 11.6 Å². The second kappa shape index (κ2) is 5.44. The normalized spacial score (nSPS) is 10.7. The number of ether oxygens (including phenoxy) is 1. The Labute approximate surface area is 120 Å². The van der Waals surface area contributed by atoms with E-state index in [1.807, 2.05) is 35.7 Å². The largest absolute Gasteiger partial charge is 0.438 e. The van der Waals surface area contributed by atoms with E-state index in [4.69, 9.17) is 10.6 Å². The number of anilines is 1. The van der Waals surface area contributed by atoms with Crippen LogP contribution in [0.5, 0.6) is 11.6 Å². The molecule has 0 saturated heterocycles. The van der Waals surface area contributed by atoms with Crippen molar-refractivity contribution in [2.45, 2.75) is 13.3 Å². The molecule has 6 heteroatoms. The van der Waals surface area contributed by atoms with Gasteiger partial charge in [-0.25, -0.2) is 10.8 Å². The molecule has 0 aliphatic carbocycles. The maximum absolute atomic E-state index is 5.97. The molecule has 0 bridgehead atoms. The van der Waals surface area contributed by atoms with Crippen LogP contribution < -0.4 is 16.0 Å². The number of hydrogen-bond acceptors (Lipinski definition) is 6. The highest BCUT2D eigenvalue weighted by molar-refractivity contribution is 7.16. The van der Waals surface area contributed by atoms with Crippen molar-refractivity contribution in [2.75, 3.05) is 5.43 Å². The predicted octanol–water partition coefficient (Wildman–Crippen LogP) is 3.33. The first-order chi connectivity index (χ1) is 9.81. The fraction of sp³-hybridized carbons (Fsp3) is 0.143. The van der Waals surface area contributed by atoms with Crippen LogP contribution in [0, 0.1) is 0 Å². The molecular formula is C14H14N4OS. The zero-order chi connectivity index (χ0) is 13.9. The SMILES string of the molecule is CCc1ccccc1Oc1nc(NN)nc2sccc12. The quantitative estimate of drug-likeness (QED) is 0.568. The molecule has 0 aliphatic heterocycles. The van der Waals surface area contributed by atoms with E-state index in [0.29, 0.717) is 11.8 Å². The minimum atomic E-state index is 0.351. The number of hydrazine groups is 1. The Kier molecular flexibility index (Phi) is 3.49. The lowest BCUT2D eigenvalue weighted by Crippen LogP contribution is -2.10. The summed E-state index contributed by atoms with van der Waals surface area (Å²) in [6.45, 7) is 2.09. The third-order valence-corrected chi connectivity index (χ3v) is 3.79. The number of thiophene rings is 1. The Morgan fingerprint density at radius 1 is 1.25 bits per heavy atom. The zero-order valence-electron chi connectivity index (χ0n) is 11.0. The number of fused-ring (bicyclic) bond motifs is 1. The number of para-hydroxylation sites is 1. The summed E-state index contributed by atoms with van der Waals surface area (Å²) in [6, 6.07) is 9.88. The van der Waals surface area contributed by atoms with Crippen molar-refractivity contribution < 1.29 is 4.74 Å². The number of benzene rings is 1. The summed E-state index contributed by atoms with van der Waals surface area (Å²) in [6.07, 6.45) is 0.899. The molecule has 20 heavy (non-hydrogen) atoms. The average Bonchev–Trinajstić information content (AvgIpc) is 2.96. The number of aryl methyl sites for hydroxylation is 1. The minimum absolute atomic E-state index is 0.351. The van der Waals surface area contributed by atoms with Gasteiger partial charge in [-0.05, 0) is 29.5 Å². The van der Waals surface area contributed by atoms with Gasteiger partial charge in [-0.15, -0.1) is 11.3 Å². The number of rotatable bonds is 4. The summed E-state index contributed by atoms with van der Waals surface area (Å²) in [7, 11) is 0. The standard InChI is InChI=1S/C14H14N4OS/c1-2-9-5-3-4-6-11(9)19-12-10-7-8-20-13(10)17-14(16-12)18-15/h3-8H,2,15H2,1H3,(H,16,17,18). The molecule has 0 spiro atoms. The molecule has 0 aliphatic rings. The van der Waals surface area contributed by atoms with E-state index in [-0.39, 0.29) is 0 Å². The van der Waals surface area contributed by atoms with E-state index in [0.717, 1.165) is 28.0 Å². The molecule has 3 rings (SSSR count). The van der Waals surface area contributed by atoms with E-state index in [9.17, 15) is 0 Å². The van der Waals surface area contributed by atoms with Crippen molar-refractivity contribution in [2.24, 2.45) is 5.84 Å². The van der Waals surface area contributed by atoms with Gasteiger partial charge in [-0.2, -0.15) is 4.98 Å². The Balaban J connectivity index is 2.07. The lowest BCUT2D eigenvalue weighted by molar-refractivity contribution is 0.463. The van der Waals surface area contributed by atoms with Gasteiger partial charge < -0.3 is 4.74 Å². The number of hydrogen-bond donors (Lipinski definition) is 2. The maximum atomic E-state index is 5.97. The van der Waals surface area contributed by atoms with Crippen LogP contribution in [0.4, 0.5) is 5.95 Å². The fourth-order valence-corrected chi connectivity index (χ4v) is 2.72. The Bertz CT molecular complexity index is 741. The molecule has 5 nitrogen and oxygen atoms in total. The van der Waals surface area contributed by atoms with Crippen LogP contribution in [0.25, 0.3) is 10.2 Å². The van der Waals surface area contributed by atoms with Crippen molar-refractivity contribution in [1.82, 2.24) is 9.97 Å². The first kappa shape index (κ1) is 12.8. The molecular weight excluding hydrogens is 272 g/mol. The van der Waals surface area contributed by atoms with Gasteiger partial charge in [0, 0.05) is 0 Å². The van der Waals surface area contributed by atoms with Gasteiger partial charge in [0.15, 0.2) is 0 Å². The van der Waals surface area contributed by atoms with E-state index < -0.39 is 0 Å². The van der Waals surface area contributed by atoms with Gasteiger partial charge in [0.05, 0.1) is 5.39 Å². The summed E-state index contributed by atoms with van der Waals surface area (Å²) in [5.74, 6) is 7.08. The summed E-state index contributed by atoms with van der Waals surface area (Å²) in [4.78, 5) is 9.43. The monoisotopic (exact) mass is 286 g/mol. The number of nitrogens with zero attached hydrogens (tertiary/aromatic N) is 2. The Hall–Kier alpha value is -2.18. The van der Waals surface area contributed by atoms with Crippen LogP contribution in [0.2, 0.25) is 0 Å². The summed E-state index contributed by atoms with van der Waals surface area (Å²) >= 11 is 1.52. The minimum Gasteiger partial charge on any atom is -0.438 e. The van der Waals surface area contributed by atoms with Crippen LogP contribution in [-0.2, 0) is 6.42 Å². The molecule has 2 aromatic heterocycles. The second-order valence-electron chi connectivity index (χ2n) is 4.20. The van der Waals surface area contributed by atoms with Crippen molar-refractivity contribution >= 4 is 27.5 Å². The van der Waals surface area contributed by atoms with E-state index in [1.54, 1.807) is 0 Å². The number of aromatic nitrogens is 2. The van der Waals surface area contributed by atoms with Gasteiger partial charge in [-0.3, -0.25) is 5.43 Å². The van der Waals surface area contributed by atoms with Gasteiger partial charge in [-0.1, -0.05) is 25.1 Å². The predicted molar refractivity (Wildman–Crippen MR) is 81.1 cm³/mol. The molecule has 1 aromatic carbocycles. The molecule has 0 amide bonds. The van der Waals surface area contributed by atoms with Crippen LogP contribution in [-0.4, -0.2) is 9.97 Å². The topological polar surface area (TPSA) is 73.1 Å². The van der Waals surface area contributed by atoms with Crippen LogP contribution in [0.1, 0.15) is 12.5 Å².